The van der Waals surface area contributed by atoms with Crippen LogP contribution in [0.4, 0.5) is 0 Å². The number of unbranched alkanes of at least 4 members (excludes halogenated alkanes) is 1. The van der Waals surface area contributed by atoms with Crippen LogP contribution >= 0.6 is 11.8 Å². The number of nitrogens with one attached hydrogen (secondary N) is 1. The lowest BCUT2D eigenvalue weighted by Crippen LogP contribution is -2.53. The largest absolute Gasteiger partial charge is 0.481 e. The lowest BCUT2D eigenvalue weighted by atomic mass is 10.1. The lowest BCUT2D eigenvalue weighted by Gasteiger charge is -2.38. The van der Waals surface area contributed by atoms with Gasteiger partial charge in [0.15, 0.2) is 0 Å². The van der Waals surface area contributed by atoms with E-state index in [1.165, 1.54) is 0 Å². The van der Waals surface area contributed by atoms with Gasteiger partial charge < -0.3 is 10.4 Å². The maximum atomic E-state index is 12.0. The van der Waals surface area contributed by atoms with E-state index in [0.29, 0.717) is 6.54 Å². The molecule has 2 unspecified atom stereocenters. The number of carbonyl (C=O) groups excluding carboxylic acids is 1. The number of amides is 1. The molecule has 1 heterocycles. The minimum absolute atomic E-state index is 0.00994. The molecule has 110 valence electrons. The van der Waals surface area contributed by atoms with Gasteiger partial charge in [-0.15, -0.1) is 0 Å². The van der Waals surface area contributed by atoms with E-state index in [1.807, 2.05) is 11.8 Å². The van der Waals surface area contributed by atoms with E-state index in [1.54, 1.807) is 11.8 Å². The zero-order valence-corrected chi connectivity index (χ0v) is 12.5. The maximum Gasteiger partial charge on any atom is 0.304 e. The number of carboxylic acids is 1. The molecule has 5 nitrogen and oxygen atoms in total. The van der Waals surface area contributed by atoms with E-state index < -0.39 is 5.97 Å². The van der Waals surface area contributed by atoms with Crippen LogP contribution in [0, 0.1) is 0 Å². The second kappa shape index (κ2) is 8.43. The van der Waals surface area contributed by atoms with Gasteiger partial charge in [0.25, 0.3) is 0 Å². The smallest absolute Gasteiger partial charge is 0.304 e. The molecule has 1 saturated heterocycles. The molecule has 1 aliphatic rings. The van der Waals surface area contributed by atoms with Crippen LogP contribution in [-0.4, -0.2) is 58.6 Å². The van der Waals surface area contributed by atoms with Crippen molar-refractivity contribution in [1.82, 2.24) is 10.2 Å². The van der Waals surface area contributed by atoms with E-state index >= 15 is 0 Å². The molecule has 6 heteroatoms. The Labute approximate surface area is 119 Å². The Hall–Kier alpha value is -0.750. The first-order chi connectivity index (χ1) is 9.06. The van der Waals surface area contributed by atoms with E-state index in [-0.39, 0.29) is 24.4 Å². The first kappa shape index (κ1) is 16.3. The van der Waals surface area contributed by atoms with Crippen LogP contribution in [0.25, 0.3) is 0 Å². The minimum atomic E-state index is -0.795. The molecule has 0 aromatic carbocycles. The van der Waals surface area contributed by atoms with E-state index in [9.17, 15) is 9.59 Å². The van der Waals surface area contributed by atoms with Gasteiger partial charge in [-0.1, -0.05) is 13.3 Å². The number of rotatable bonds is 7. The summed E-state index contributed by atoms with van der Waals surface area (Å²) >= 11 is 1.76. The molecule has 0 radical (unpaired) electrons. The fourth-order valence-electron chi connectivity index (χ4n) is 2.24. The number of hydrogen-bond acceptors (Lipinski definition) is 4. The minimum Gasteiger partial charge on any atom is -0.481 e. The van der Waals surface area contributed by atoms with Crippen molar-refractivity contribution in [2.75, 3.05) is 24.6 Å². The van der Waals surface area contributed by atoms with Crippen LogP contribution < -0.4 is 5.32 Å². The third-order valence-corrected chi connectivity index (χ3v) is 4.48. The fraction of sp³-hybridized carbons (Fsp3) is 0.846. The van der Waals surface area contributed by atoms with Crippen LogP contribution in [0.3, 0.4) is 0 Å². The standard InChI is InChI=1S/C13H24N2O3S/c1-3-4-5-14-13(18)10(2)15-6-7-19-9-11(15)8-12(16)17/h10-11H,3-9H2,1-2H3,(H,14,18)(H,16,17). The molecule has 0 bridgehead atoms. The highest BCUT2D eigenvalue weighted by Gasteiger charge is 2.31. The van der Waals surface area contributed by atoms with Crippen LogP contribution in [0.15, 0.2) is 0 Å². The van der Waals surface area contributed by atoms with Gasteiger partial charge in [-0.25, -0.2) is 0 Å². The van der Waals surface area contributed by atoms with Crippen LogP contribution in [0.1, 0.15) is 33.1 Å². The van der Waals surface area contributed by atoms with Crippen molar-refractivity contribution in [1.29, 1.82) is 0 Å². The molecule has 1 aliphatic heterocycles. The van der Waals surface area contributed by atoms with Crippen molar-refractivity contribution in [3.8, 4) is 0 Å². The Bertz CT molecular complexity index is 312. The van der Waals surface area contributed by atoms with Gasteiger partial charge in [0, 0.05) is 30.6 Å². The first-order valence-electron chi connectivity index (χ1n) is 6.89. The molecule has 1 rings (SSSR count). The number of aliphatic carboxylic acids is 1. The molecule has 2 N–H and O–H groups in total. The Balaban J connectivity index is 2.53. The van der Waals surface area contributed by atoms with Crippen molar-refractivity contribution >= 4 is 23.6 Å². The second-order valence-electron chi connectivity index (χ2n) is 4.88. The average Bonchev–Trinajstić information content (AvgIpc) is 2.38. The summed E-state index contributed by atoms with van der Waals surface area (Å²) in [6.07, 6.45) is 2.14. The zero-order valence-electron chi connectivity index (χ0n) is 11.7. The van der Waals surface area contributed by atoms with Gasteiger partial charge in [0.2, 0.25) is 5.91 Å². The Kier molecular flexibility index (Phi) is 7.23. The highest BCUT2D eigenvalue weighted by Crippen LogP contribution is 2.21. The molecule has 1 fully saturated rings. The topological polar surface area (TPSA) is 69.6 Å². The molecule has 0 aromatic heterocycles. The van der Waals surface area contributed by atoms with E-state index in [0.717, 1.165) is 30.9 Å². The van der Waals surface area contributed by atoms with Gasteiger partial charge in [-0.2, -0.15) is 11.8 Å². The summed E-state index contributed by atoms with van der Waals surface area (Å²) in [6.45, 7) is 5.43. The summed E-state index contributed by atoms with van der Waals surface area (Å²) in [5.74, 6) is 0.966. The molecule has 0 aromatic rings. The highest BCUT2D eigenvalue weighted by molar-refractivity contribution is 7.99. The van der Waals surface area contributed by atoms with E-state index in [4.69, 9.17) is 5.11 Å². The summed E-state index contributed by atoms with van der Waals surface area (Å²) in [7, 11) is 0. The van der Waals surface area contributed by atoms with Crippen molar-refractivity contribution in [3.63, 3.8) is 0 Å². The molecule has 0 spiro atoms. The number of nitrogens with zero attached hydrogens (tertiary/aromatic N) is 1. The molecule has 2 atom stereocenters. The summed E-state index contributed by atoms with van der Waals surface area (Å²) in [4.78, 5) is 25.0. The van der Waals surface area contributed by atoms with Crippen molar-refractivity contribution in [2.45, 2.75) is 45.2 Å². The van der Waals surface area contributed by atoms with Crippen LogP contribution in [-0.2, 0) is 9.59 Å². The maximum absolute atomic E-state index is 12.0. The number of carboxylic acid groups (broad SMARTS) is 1. The monoisotopic (exact) mass is 288 g/mol. The van der Waals surface area contributed by atoms with Crippen LogP contribution in [0.2, 0.25) is 0 Å². The van der Waals surface area contributed by atoms with E-state index in [2.05, 4.69) is 12.2 Å². The second-order valence-corrected chi connectivity index (χ2v) is 6.03. The number of carbonyl (C=O) groups is 2. The van der Waals surface area contributed by atoms with Crippen molar-refractivity contribution in [2.24, 2.45) is 0 Å². The predicted octanol–water partition coefficient (Wildman–Crippen LogP) is 1.18. The quantitative estimate of drug-likeness (QED) is 0.689. The molecule has 19 heavy (non-hydrogen) atoms. The molecule has 1 amide bonds. The first-order valence-corrected chi connectivity index (χ1v) is 8.04. The SMILES string of the molecule is CCCCNC(=O)C(C)N1CCSCC1CC(=O)O. The number of hydrogen-bond donors (Lipinski definition) is 2. The Morgan fingerprint density at radius 2 is 2.26 bits per heavy atom. The Morgan fingerprint density at radius 3 is 2.89 bits per heavy atom. The summed E-state index contributed by atoms with van der Waals surface area (Å²) in [5.41, 5.74) is 0. The molecular formula is C13H24N2O3S. The Morgan fingerprint density at radius 1 is 1.53 bits per heavy atom. The summed E-state index contributed by atoms with van der Waals surface area (Å²) < 4.78 is 0. The summed E-state index contributed by atoms with van der Waals surface area (Å²) in [5, 5.41) is 11.9. The van der Waals surface area contributed by atoms with Gasteiger partial charge in [-0.3, -0.25) is 14.5 Å². The van der Waals surface area contributed by atoms with Crippen LogP contribution in [0.5, 0.6) is 0 Å². The predicted molar refractivity (Wildman–Crippen MR) is 77.5 cm³/mol. The molecule has 0 saturated carbocycles. The third-order valence-electron chi connectivity index (χ3n) is 3.39. The van der Waals surface area contributed by atoms with Crippen molar-refractivity contribution < 1.29 is 14.7 Å². The van der Waals surface area contributed by atoms with Gasteiger partial charge in [-0.05, 0) is 13.3 Å². The highest BCUT2D eigenvalue weighted by atomic mass is 32.2. The van der Waals surface area contributed by atoms with Gasteiger partial charge in [0.05, 0.1) is 12.5 Å². The number of thioether (sulfide) groups is 1. The lowest BCUT2D eigenvalue weighted by molar-refractivity contribution is -0.139. The molecule has 0 aliphatic carbocycles. The zero-order chi connectivity index (χ0) is 14.3. The van der Waals surface area contributed by atoms with Gasteiger partial charge in [0.1, 0.15) is 0 Å². The molecular weight excluding hydrogens is 264 g/mol. The summed E-state index contributed by atoms with van der Waals surface area (Å²) in [6, 6.07) is -0.287. The average molecular weight is 288 g/mol. The van der Waals surface area contributed by atoms with Gasteiger partial charge >= 0.3 is 5.97 Å². The third kappa shape index (κ3) is 5.40. The normalized spacial score (nSPS) is 21.9. The fourth-order valence-corrected chi connectivity index (χ4v) is 3.33. The van der Waals surface area contributed by atoms with Crippen molar-refractivity contribution in [3.05, 3.63) is 0 Å².